The summed E-state index contributed by atoms with van der Waals surface area (Å²) in [5.41, 5.74) is 3.86. The lowest BCUT2D eigenvalue weighted by Gasteiger charge is -2.33. The van der Waals surface area contributed by atoms with Crippen molar-refractivity contribution in [2.75, 3.05) is 13.1 Å². The van der Waals surface area contributed by atoms with Crippen molar-refractivity contribution in [3.8, 4) is 6.07 Å². The molecule has 0 saturated carbocycles. The summed E-state index contributed by atoms with van der Waals surface area (Å²) in [6, 6.07) is 8.31. The van der Waals surface area contributed by atoms with Gasteiger partial charge in [-0.15, -0.1) is 0 Å². The summed E-state index contributed by atoms with van der Waals surface area (Å²) in [4.78, 5) is 4.35. The van der Waals surface area contributed by atoms with Gasteiger partial charge in [0.05, 0.1) is 10.6 Å². The van der Waals surface area contributed by atoms with E-state index in [1.807, 2.05) is 24.5 Å². The SMILES string of the molecule is N#Cc1cc(C2=CC3C=CN=CC3C(NC3CCNCC3)=C2)ccc1Cl. The van der Waals surface area contributed by atoms with Crippen molar-refractivity contribution >= 4 is 23.4 Å². The number of hydrogen-bond acceptors (Lipinski definition) is 4. The van der Waals surface area contributed by atoms with Crippen molar-refractivity contribution < 1.29 is 0 Å². The van der Waals surface area contributed by atoms with E-state index in [0.717, 1.165) is 37.1 Å². The van der Waals surface area contributed by atoms with Gasteiger partial charge in [0.2, 0.25) is 0 Å². The Morgan fingerprint density at radius 2 is 2.12 bits per heavy atom. The first-order chi connectivity index (χ1) is 12.7. The average Bonchev–Trinajstić information content (AvgIpc) is 2.69. The molecule has 1 saturated heterocycles. The maximum atomic E-state index is 9.28. The standard InChI is InChI=1S/C21H21ClN4/c22-20-2-1-14(9-17(20)12-23)16-10-15-3-6-25-13-19(15)21(11-16)26-18-4-7-24-8-5-18/h1-3,6,9-11,13,15,18-19,24,26H,4-5,7-8H2. The maximum absolute atomic E-state index is 9.28. The van der Waals surface area contributed by atoms with Gasteiger partial charge in [0, 0.05) is 36.0 Å². The van der Waals surface area contributed by atoms with E-state index in [2.05, 4.69) is 39.9 Å². The first kappa shape index (κ1) is 17.1. The average molecular weight is 365 g/mol. The Balaban J connectivity index is 1.67. The molecule has 2 aliphatic heterocycles. The van der Waals surface area contributed by atoms with Crippen molar-refractivity contribution in [2.45, 2.75) is 18.9 Å². The van der Waals surface area contributed by atoms with Gasteiger partial charge >= 0.3 is 0 Å². The van der Waals surface area contributed by atoms with Gasteiger partial charge < -0.3 is 10.6 Å². The molecule has 1 fully saturated rings. The molecular formula is C21H21ClN4. The molecule has 0 amide bonds. The van der Waals surface area contributed by atoms with E-state index < -0.39 is 0 Å². The predicted octanol–water partition coefficient (Wildman–Crippen LogP) is 3.66. The van der Waals surface area contributed by atoms with Crippen LogP contribution in [0.25, 0.3) is 5.57 Å². The second-order valence-electron chi connectivity index (χ2n) is 6.94. The van der Waals surface area contributed by atoms with Crippen LogP contribution in [0, 0.1) is 23.2 Å². The van der Waals surface area contributed by atoms with Crippen molar-refractivity contribution in [1.29, 1.82) is 5.26 Å². The first-order valence-electron chi connectivity index (χ1n) is 9.05. The molecule has 26 heavy (non-hydrogen) atoms. The van der Waals surface area contributed by atoms with Gasteiger partial charge in [-0.2, -0.15) is 5.26 Å². The summed E-state index contributed by atoms with van der Waals surface area (Å²) >= 11 is 6.10. The van der Waals surface area contributed by atoms with Gasteiger partial charge in [-0.25, -0.2) is 0 Å². The van der Waals surface area contributed by atoms with Crippen molar-refractivity contribution in [1.82, 2.24) is 10.6 Å². The van der Waals surface area contributed by atoms with Gasteiger partial charge in [0.25, 0.3) is 0 Å². The van der Waals surface area contributed by atoms with Gasteiger partial charge in [-0.1, -0.05) is 29.8 Å². The van der Waals surface area contributed by atoms with Gasteiger partial charge in [0.1, 0.15) is 6.07 Å². The van der Waals surface area contributed by atoms with Crippen LogP contribution in [0.3, 0.4) is 0 Å². The van der Waals surface area contributed by atoms with Crippen LogP contribution < -0.4 is 10.6 Å². The Hall–Kier alpha value is -2.35. The summed E-state index contributed by atoms with van der Waals surface area (Å²) in [6.07, 6.45) is 12.7. The summed E-state index contributed by atoms with van der Waals surface area (Å²) in [5, 5.41) is 16.9. The molecule has 132 valence electrons. The van der Waals surface area contributed by atoms with Gasteiger partial charge in [-0.05, 0) is 55.3 Å². The zero-order valence-electron chi connectivity index (χ0n) is 14.5. The third-order valence-corrected chi connectivity index (χ3v) is 5.56. The minimum absolute atomic E-state index is 0.251. The predicted molar refractivity (Wildman–Crippen MR) is 106 cm³/mol. The molecule has 0 aromatic heterocycles. The summed E-state index contributed by atoms with van der Waals surface area (Å²) in [5.74, 6) is 0.527. The Morgan fingerprint density at radius 1 is 1.27 bits per heavy atom. The third kappa shape index (κ3) is 3.46. The van der Waals surface area contributed by atoms with E-state index in [1.165, 1.54) is 5.70 Å². The Morgan fingerprint density at radius 3 is 2.92 bits per heavy atom. The number of benzene rings is 1. The fourth-order valence-corrected chi connectivity index (χ4v) is 3.95. The molecule has 4 rings (SSSR count). The van der Waals surface area contributed by atoms with E-state index >= 15 is 0 Å². The van der Waals surface area contributed by atoms with E-state index in [0.29, 0.717) is 16.6 Å². The lowest BCUT2D eigenvalue weighted by Crippen LogP contribution is -2.42. The number of aliphatic imine (C=N–C) groups is 1. The monoisotopic (exact) mass is 364 g/mol. The van der Waals surface area contributed by atoms with Crippen molar-refractivity contribution in [2.24, 2.45) is 16.8 Å². The Bertz CT molecular complexity index is 853. The quantitative estimate of drug-likeness (QED) is 0.860. The number of allylic oxidation sites excluding steroid dienone is 5. The van der Waals surface area contributed by atoms with Crippen LogP contribution in [0.2, 0.25) is 5.02 Å². The van der Waals surface area contributed by atoms with E-state index in [1.54, 1.807) is 6.07 Å². The summed E-state index contributed by atoms with van der Waals surface area (Å²) in [6.45, 7) is 2.11. The van der Waals surface area contributed by atoms with Crippen molar-refractivity contribution in [3.63, 3.8) is 0 Å². The topological polar surface area (TPSA) is 60.2 Å². The zero-order chi connectivity index (χ0) is 17.9. The summed E-state index contributed by atoms with van der Waals surface area (Å²) in [7, 11) is 0. The Labute approximate surface area is 159 Å². The van der Waals surface area contributed by atoms with Crippen LogP contribution in [-0.2, 0) is 0 Å². The molecule has 3 aliphatic rings. The van der Waals surface area contributed by atoms with Crippen LogP contribution in [0.1, 0.15) is 24.0 Å². The lowest BCUT2D eigenvalue weighted by atomic mass is 9.80. The number of hydrogen-bond donors (Lipinski definition) is 2. The highest BCUT2D eigenvalue weighted by Crippen LogP contribution is 2.35. The number of halogens is 1. The first-order valence-corrected chi connectivity index (χ1v) is 9.43. The molecule has 5 heteroatoms. The molecule has 2 heterocycles. The van der Waals surface area contributed by atoms with Crippen LogP contribution >= 0.6 is 11.6 Å². The third-order valence-electron chi connectivity index (χ3n) is 5.23. The van der Waals surface area contributed by atoms with Gasteiger partial charge in [-0.3, -0.25) is 4.99 Å². The van der Waals surface area contributed by atoms with E-state index in [9.17, 15) is 5.26 Å². The molecule has 2 unspecified atom stereocenters. The largest absolute Gasteiger partial charge is 0.385 e. The molecule has 0 bridgehead atoms. The van der Waals surface area contributed by atoms with E-state index in [-0.39, 0.29) is 11.8 Å². The second kappa shape index (κ2) is 7.49. The molecule has 2 atom stereocenters. The highest BCUT2D eigenvalue weighted by Gasteiger charge is 2.28. The molecule has 1 aliphatic carbocycles. The number of rotatable bonds is 3. The number of nitrogens with one attached hydrogen (secondary N) is 2. The molecule has 4 nitrogen and oxygen atoms in total. The molecule has 1 aromatic carbocycles. The van der Waals surface area contributed by atoms with Crippen LogP contribution in [0.4, 0.5) is 0 Å². The number of fused-ring (bicyclic) bond motifs is 1. The summed E-state index contributed by atoms with van der Waals surface area (Å²) < 4.78 is 0. The van der Waals surface area contributed by atoms with Gasteiger partial charge in [0.15, 0.2) is 0 Å². The number of nitrogens with zero attached hydrogens (tertiary/aromatic N) is 2. The van der Waals surface area contributed by atoms with Crippen LogP contribution in [0.15, 0.2) is 53.3 Å². The highest BCUT2D eigenvalue weighted by molar-refractivity contribution is 6.31. The molecule has 1 aromatic rings. The molecule has 2 N–H and O–H groups in total. The minimum atomic E-state index is 0.251. The van der Waals surface area contributed by atoms with Crippen LogP contribution in [0.5, 0.6) is 0 Å². The normalized spacial score (nSPS) is 25.1. The van der Waals surface area contributed by atoms with Crippen LogP contribution in [-0.4, -0.2) is 25.3 Å². The van der Waals surface area contributed by atoms with E-state index in [4.69, 9.17) is 11.6 Å². The second-order valence-corrected chi connectivity index (χ2v) is 7.35. The lowest BCUT2D eigenvalue weighted by molar-refractivity contribution is 0.398. The fraction of sp³-hybridized carbons (Fsp3) is 0.333. The molecule has 0 radical (unpaired) electrons. The number of nitriles is 1. The fourth-order valence-electron chi connectivity index (χ4n) is 3.79. The zero-order valence-corrected chi connectivity index (χ0v) is 15.2. The molecular weight excluding hydrogens is 344 g/mol. The Kier molecular flexibility index (Phi) is 4.92. The number of piperidine rings is 1. The van der Waals surface area contributed by atoms with Crippen molar-refractivity contribution in [3.05, 3.63) is 64.5 Å². The maximum Gasteiger partial charge on any atom is 0.101 e. The molecule has 0 spiro atoms. The smallest absolute Gasteiger partial charge is 0.101 e. The minimum Gasteiger partial charge on any atom is -0.385 e. The highest BCUT2D eigenvalue weighted by atomic mass is 35.5.